The second kappa shape index (κ2) is 7.85. The molecule has 3 heterocycles. The molecule has 1 aliphatic rings. The molecule has 3 aromatic rings. The third kappa shape index (κ3) is 3.68. The van der Waals surface area contributed by atoms with Gasteiger partial charge in [0.1, 0.15) is 21.9 Å². The van der Waals surface area contributed by atoms with Gasteiger partial charge in [-0.3, -0.25) is 0 Å². The van der Waals surface area contributed by atoms with E-state index in [4.69, 9.17) is 16.0 Å². The third-order valence-corrected chi connectivity index (χ3v) is 7.90. The Labute approximate surface area is 183 Å². The van der Waals surface area contributed by atoms with Crippen molar-refractivity contribution in [2.45, 2.75) is 44.0 Å². The quantitative estimate of drug-likeness (QED) is 0.591. The Morgan fingerprint density at radius 3 is 2.68 bits per heavy atom. The molecule has 0 amide bonds. The first-order valence-electron chi connectivity index (χ1n) is 9.59. The standard InChI is InChI=1S/C20H20ClFN4O4S/c1-10-4-5-13(22)17(11(10)2)12(3)18(19-24-25-20(27)30-19)26-9-8-14-15(31(26,28)29)6-7-16(21)23-14/h4-7,12,18H,8-9H2,1-3H3,(H,25,27)/t12?,18-/m0/s1. The molecule has 0 bridgehead atoms. The number of nitrogens with one attached hydrogen (secondary N) is 1. The largest absolute Gasteiger partial charge is 0.434 e. The number of sulfonamides is 1. The van der Waals surface area contributed by atoms with Gasteiger partial charge in [-0.05, 0) is 48.7 Å². The number of benzene rings is 1. The van der Waals surface area contributed by atoms with Crippen LogP contribution in [0, 0.1) is 19.7 Å². The van der Waals surface area contributed by atoms with E-state index >= 15 is 0 Å². The van der Waals surface area contributed by atoms with Gasteiger partial charge >= 0.3 is 5.76 Å². The smallest absolute Gasteiger partial charge is 0.391 e. The maximum absolute atomic E-state index is 14.9. The monoisotopic (exact) mass is 466 g/mol. The van der Waals surface area contributed by atoms with Crippen molar-refractivity contribution in [3.8, 4) is 0 Å². The third-order valence-electron chi connectivity index (χ3n) is 5.73. The van der Waals surface area contributed by atoms with Gasteiger partial charge in [0.25, 0.3) is 0 Å². The summed E-state index contributed by atoms with van der Waals surface area (Å²) in [6, 6.07) is 4.75. The van der Waals surface area contributed by atoms with Crippen LogP contribution in [0.5, 0.6) is 0 Å². The van der Waals surface area contributed by atoms with Crippen molar-refractivity contribution in [2.75, 3.05) is 6.54 Å². The van der Waals surface area contributed by atoms with Gasteiger partial charge in [0.15, 0.2) is 0 Å². The highest BCUT2D eigenvalue weighted by Crippen LogP contribution is 2.42. The fourth-order valence-electron chi connectivity index (χ4n) is 4.10. The fraction of sp³-hybridized carbons (Fsp3) is 0.350. The Morgan fingerprint density at radius 2 is 2.00 bits per heavy atom. The van der Waals surface area contributed by atoms with Gasteiger partial charge < -0.3 is 4.42 Å². The summed E-state index contributed by atoms with van der Waals surface area (Å²) >= 11 is 5.92. The number of hydrogen-bond acceptors (Lipinski definition) is 6. The Kier molecular flexibility index (Phi) is 5.48. The van der Waals surface area contributed by atoms with Crippen LogP contribution in [0.2, 0.25) is 5.15 Å². The highest BCUT2D eigenvalue weighted by Gasteiger charge is 2.43. The van der Waals surface area contributed by atoms with Gasteiger partial charge in [0, 0.05) is 18.9 Å². The van der Waals surface area contributed by atoms with E-state index in [1.165, 1.54) is 22.5 Å². The van der Waals surface area contributed by atoms with Gasteiger partial charge in [-0.25, -0.2) is 27.7 Å². The molecular formula is C20H20ClFN4O4S. The predicted octanol–water partition coefficient (Wildman–Crippen LogP) is 3.26. The topological polar surface area (TPSA) is 109 Å². The van der Waals surface area contributed by atoms with Gasteiger partial charge in [-0.2, -0.15) is 4.31 Å². The highest BCUT2D eigenvalue weighted by atomic mass is 35.5. The van der Waals surface area contributed by atoms with Crippen LogP contribution in [0.3, 0.4) is 0 Å². The lowest BCUT2D eigenvalue weighted by molar-refractivity contribution is 0.235. The van der Waals surface area contributed by atoms with Crippen molar-refractivity contribution < 1.29 is 17.2 Å². The highest BCUT2D eigenvalue weighted by molar-refractivity contribution is 7.89. The van der Waals surface area contributed by atoms with Crippen LogP contribution in [0.25, 0.3) is 0 Å². The molecule has 2 atom stereocenters. The minimum atomic E-state index is -4.05. The second-order valence-corrected chi connectivity index (χ2v) is 9.78. The number of pyridine rings is 1. The van der Waals surface area contributed by atoms with Crippen molar-refractivity contribution in [1.82, 2.24) is 19.5 Å². The van der Waals surface area contributed by atoms with E-state index < -0.39 is 33.6 Å². The van der Waals surface area contributed by atoms with Crippen LogP contribution >= 0.6 is 11.6 Å². The first-order valence-corrected chi connectivity index (χ1v) is 11.4. The van der Waals surface area contributed by atoms with E-state index in [1.54, 1.807) is 19.9 Å². The molecule has 0 saturated carbocycles. The molecule has 8 nitrogen and oxygen atoms in total. The number of hydrogen-bond donors (Lipinski definition) is 1. The number of aromatic nitrogens is 3. The van der Waals surface area contributed by atoms with Crippen LogP contribution in [-0.4, -0.2) is 34.4 Å². The summed E-state index contributed by atoms with van der Waals surface area (Å²) in [5, 5.41) is 6.25. The predicted molar refractivity (Wildman–Crippen MR) is 111 cm³/mol. The van der Waals surface area contributed by atoms with E-state index in [2.05, 4.69) is 15.2 Å². The summed E-state index contributed by atoms with van der Waals surface area (Å²) in [5.41, 5.74) is 2.25. The molecule has 0 radical (unpaired) electrons. The molecule has 0 saturated heterocycles. The molecule has 2 aromatic heterocycles. The van der Waals surface area contributed by atoms with Gasteiger partial charge in [0.05, 0.1) is 5.69 Å². The zero-order chi connectivity index (χ0) is 22.5. The summed E-state index contributed by atoms with van der Waals surface area (Å²) in [6.45, 7) is 5.35. The molecule has 0 aliphatic carbocycles. The zero-order valence-corrected chi connectivity index (χ0v) is 18.6. The number of H-pyrrole nitrogens is 1. The molecule has 11 heteroatoms. The Hall–Kier alpha value is -2.56. The van der Waals surface area contributed by atoms with Crippen LogP contribution in [-0.2, 0) is 16.4 Å². The van der Waals surface area contributed by atoms with Gasteiger partial charge in [0.2, 0.25) is 15.9 Å². The second-order valence-electron chi connectivity index (χ2n) is 7.53. The average molecular weight is 467 g/mol. The lowest BCUT2D eigenvalue weighted by atomic mass is 9.87. The van der Waals surface area contributed by atoms with Crippen molar-refractivity contribution in [2.24, 2.45) is 0 Å². The molecule has 31 heavy (non-hydrogen) atoms. The molecule has 0 spiro atoms. The minimum absolute atomic E-state index is 0.0136. The van der Waals surface area contributed by atoms with E-state index in [0.717, 1.165) is 5.56 Å². The maximum atomic E-state index is 14.9. The first kappa shape index (κ1) is 21.7. The number of aromatic amines is 1. The SMILES string of the molecule is Cc1ccc(F)c(C(C)[C@@H](c2n[nH]c(=O)o2)N2CCc3nc(Cl)ccc3S2(=O)=O)c1C. The van der Waals surface area contributed by atoms with E-state index in [-0.39, 0.29) is 22.5 Å². The van der Waals surface area contributed by atoms with Crippen molar-refractivity contribution in [3.63, 3.8) is 0 Å². The number of fused-ring (bicyclic) bond motifs is 1. The van der Waals surface area contributed by atoms with E-state index in [0.29, 0.717) is 23.2 Å². The summed E-state index contributed by atoms with van der Waals surface area (Å²) in [6.07, 6.45) is 0.294. The normalized spacial score (nSPS) is 17.8. The molecular weight excluding hydrogens is 447 g/mol. The first-order chi connectivity index (χ1) is 14.6. The van der Waals surface area contributed by atoms with E-state index in [1.807, 2.05) is 6.92 Å². The van der Waals surface area contributed by atoms with Crippen molar-refractivity contribution in [3.05, 3.63) is 74.1 Å². The molecule has 0 fully saturated rings. The minimum Gasteiger partial charge on any atom is -0.391 e. The lowest BCUT2D eigenvalue weighted by Crippen LogP contribution is -2.42. The Morgan fingerprint density at radius 1 is 1.26 bits per heavy atom. The molecule has 164 valence electrons. The maximum Gasteiger partial charge on any atom is 0.434 e. The van der Waals surface area contributed by atoms with Crippen LogP contribution in [0.15, 0.2) is 38.4 Å². The summed E-state index contributed by atoms with van der Waals surface area (Å²) in [4.78, 5) is 15.8. The van der Waals surface area contributed by atoms with Gasteiger partial charge in [-0.1, -0.05) is 24.6 Å². The van der Waals surface area contributed by atoms with Crippen LogP contribution in [0.1, 0.15) is 47.2 Å². The summed E-state index contributed by atoms with van der Waals surface area (Å²) in [7, 11) is -4.05. The summed E-state index contributed by atoms with van der Waals surface area (Å²) < 4.78 is 48.2. The molecule has 1 unspecified atom stereocenters. The van der Waals surface area contributed by atoms with Crippen molar-refractivity contribution in [1.29, 1.82) is 0 Å². The Bertz CT molecular complexity index is 1320. The average Bonchev–Trinajstić information content (AvgIpc) is 3.12. The number of nitrogens with zero attached hydrogens (tertiary/aromatic N) is 3. The molecule has 4 rings (SSSR count). The Balaban J connectivity index is 1.89. The number of halogens is 2. The molecule has 1 aromatic carbocycles. The number of rotatable bonds is 4. The summed E-state index contributed by atoms with van der Waals surface area (Å²) in [5.74, 6) is -2.13. The van der Waals surface area contributed by atoms with E-state index in [9.17, 15) is 17.6 Å². The van der Waals surface area contributed by atoms with Crippen LogP contribution < -0.4 is 5.76 Å². The zero-order valence-electron chi connectivity index (χ0n) is 17.0. The fourth-order valence-corrected chi connectivity index (χ4v) is 6.11. The van der Waals surface area contributed by atoms with Crippen LogP contribution in [0.4, 0.5) is 4.39 Å². The molecule has 1 N–H and O–H groups in total. The lowest BCUT2D eigenvalue weighted by Gasteiger charge is -2.36. The van der Waals surface area contributed by atoms with Crippen molar-refractivity contribution >= 4 is 21.6 Å². The van der Waals surface area contributed by atoms with Gasteiger partial charge in [-0.15, -0.1) is 5.10 Å². The molecule has 1 aliphatic heterocycles. The number of aryl methyl sites for hydroxylation is 1.